The zero-order chi connectivity index (χ0) is 18.8. The summed E-state index contributed by atoms with van der Waals surface area (Å²) in [6.07, 6.45) is 3.79. The van der Waals surface area contributed by atoms with Crippen molar-refractivity contribution >= 4 is 17.7 Å². The standard InChI is InChI=1S/C18H21FN4O3S/c19-12-5-3-11(4-6-12)15(16(24)20-13-7-8-13)27-18-22-21-17(25)23(18)10-14-2-1-9-26-14/h3-6,13-15H,1-2,7-10H2,(H,20,24)(H,21,25). The minimum absolute atomic E-state index is 0.0239. The van der Waals surface area contributed by atoms with Gasteiger partial charge in [-0.2, -0.15) is 0 Å². The normalized spacial score (nSPS) is 20.6. The lowest BCUT2D eigenvalue weighted by molar-refractivity contribution is -0.120. The van der Waals surface area contributed by atoms with Gasteiger partial charge in [-0.3, -0.25) is 9.36 Å². The van der Waals surface area contributed by atoms with E-state index in [1.807, 2.05) is 0 Å². The quantitative estimate of drug-likeness (QED) is 0.704. The van der Waals surface area contributed by atoms with Crippen LogP contribution in [0, 0.1) is 5.82 Å². The van der Waals surface area contributed by atoms with Crippen molar-refractivity contribution in [1.29, 1.82) is 0 Å². The minimum Gasteiger partial charge on any atom is -0.376 e. The van der Waals surface area contributed by atoms with Gasteiger partial charge in [0.2, 0.25) is 5.91 Å². The van der Waals surface area contributed by atoms with Crippen LogP contribution in [0.4, 0.5) is 4.39 Å². The van der Waals surface area contributed by atoms with Crippen molar-refractivity contribution in [2.24, 2.45) is 0 Å². The van der Waals surface area contributed by atoms with Crippen molar-refractivity contribution in [2.45, 2.75) is 54.8 Å². The summed E-state index contributed by atoms with van der Waals surface area (Å²) < 4.78 is 20.4. The molecule has 0 radical (unpaired) electrons. The molecule has 0 bridgehead atoms. The van der Waals surface area contributed by atoms with Gasteiger partial charge in [0.05, 0.1) is 12.6 Å². The Morgan fingerprint density at radius 3 is 2.81 bits per heavy atom. The van der Waals surface area contributed by atoms with Crippen LogP contribution in [0.1, 0.15) is 36.5 Å². The molecule has 4 rings (SSSR count). The number of benzene rings is 1. The smallest absolute Gasteiger partial charge is 0.344 e. The second-order valence-corrected chi connectivity index (χ2v) is 7.96. The highest BCUT2D eigenvalue weighted by atomic mass is 32.2. The number of carbonyl (C=O) groups excluding carboxylic acids is 1. The van der Waals surface area contributed by atoms with E-state index in [4.69, 9.17) is 4.74 Å². The lowest BCUT2D eigenvalue weighted by atomic mass is 10.1. The molecule has 2 aliphatic rings. The Kier molecular flexibility index (Phi) is 5.31. The van der Waals surface area contributed by atoms with Gasteiger partial charge in [0.15, 0.2) is 5.16 Å². The number of hydrogen-bond acceptors (Lipinski definition) is 5. The number of nitrogens with zero attached hydrogens (tertiary/aromatic N) is 2. The number of aromatic nitrogens is 3. The average Bonchev–Trinajstić information content (AvgIpc) is 3.19. The molecule has 2 aromatic rings. The first kappa shape index (κ1) is 18.2. The Morgan fingerprint density at radius 1 is 1.37 bits per heavy atom. The van der Waals surface area contributed by atoms with Crippen molar-refractivity contribution in [1.82, 2.24) is 20.1 Å². The van der Waals surface area contributed by atoms with E-state index in [9.17, 15) is 14.0 Å². The summed E-state index contributed by atoms with van der Waals surface area (Å²) in [5, 5.41) is 9.34. The molecule has 2 atom stereocenters. The van der Waals surface area contributed by atoms with E-state index < -0.39 is 5.25 Å². The van der Waals surface area contributed by atoms with E-state index in [1.165, 1.54) is 28.5 Å². The van der Waals surface area contributed by atoms with Crippen LogP contribution in [0.15, 0.2) is 34.2 Å². The van der Waals surface area contributed by atoms with Crippen molar-refractivity contribution < 1.29 is 13.9 Å². The van der Waals surface area contributed by atoms with Crippen LogP contribution < -0.4 is 11.0 Å². The molecule has 2 fully saturated rings. The van der Waals surface area contributed by atoms with Gasteiger partial charge in [-0.1, -0.05) is 23.9 Å². The highest BCUT2D eigenvalue weighted by Gasteiger charge is 2.31. The lowest BCUT2D eigenvalue weighted by Gasteiger charge is -2.17. The molecule has 2 N–H and O–H groups in total. The van der Waals surface area contributed by atoms with Crippen molar-refractivity contribution in [2.75, 3.05) is 6.61 Å². The highest BCUT2D eigenvalue weighted by molar-refractivity contribution is 8.00. The molecule has 1 saturated carbocycles. The van der Waals surface area contributed by atoms with Crippen LogP contribution in [0.5, 0.6) is 0 Å². The number of H-pyrrole nitrogens is 1. The monoisotopic (exact) mass is 392 g/mol. The fraction of sp³-hybridized carbons (Fsp3) is 0.500. The van der Waals surface area contributed by atoms with Gasteiger partial charge < -0.3 is 10.1 Å². The third-order valence-electron chi connectivity index (χ3n) is 4.69. The van der Waals surface area contributed by atoms with Gasteiger partial charge in [-0.25, -0.2) is 14.3 Å². The molecule has 9 heteroatoms. The molecule has 27 heavy (non-hydrogen) atoms. The third-order valence-corrected chi connectivity index (χ3v) is 5.94. The van der Waals surface area contributed by atoms with E-state index in [0.717, 1.165) is 25.7 Å². The summed E-state index contributed by atoms with van der Waals surface area (Å²) >= 11 is 1.19. The van der Waals surface area contributed by atoms with Crippen molar-refractivity contribution in [3.05, 3.63) is 46.1 Å². The lowest BCUT2D eigenvalue weighted by Crippen LogP contribution is -2.30. The molecule has 0 spiro atoms. The van der Waals surface area contributed by atoms with E-state index in [0.29, 0.717) is 23.9 Å². The van der Waals surface area contributed by atoms with Gasteiger partial charge >= 0.3 is 5.69 Å². The zero-order valence-corrected chi connectivity index (χ0v) is 15.5. The van der Waals surface area contributed by atoms with Crippen LogP contribution in [-0.4, -0.2) is 39.4 Å². The fourth-order valence-electron chi connectivity index (χ4n) is 3.07. The maximum Gasteiger partial charge on any atom is 0.344 e. The maximum atomic E-state index is 13.3. The van der Waals surface area contributed by atoms with Gasteiger partial charge in [-0.15, -0.1) is 5.10 Å². The van der Waals surface area contributed by atoms with Gasteiger partial charge in [0, 0.05) is 12.6 Å². The first-order valence-corrected chi connectivity index (χ1v) is 9.97. The Balaban J connectivity index is 1.58. The Bertz CT molecular complexity index is 856. The number of amides is 1. The number of hydrogen-bond donors (Lipinski definition) is 2. The van der Waals surface area contributed by atoms with Crippen LogP contribution in [0.2, 0.25) is 0 Å². The highest BCUT2D eigenvalue weighted by Crippen LogP contribution is 2.35. The topological polar surface area (TPSA) is 89.0 Å². The number of thioether (sulfide) groups is 1. The molecule has 2 unspecified atom stereocenters. The van der Waals surface area contributed by atoms with E-state index in [-0.39, 0.29) is 29.6 Å². The molecular weight excluding hydrogens is 371 g/mol. The molecule has 1 aromatic carbocycles. The molecule has 144 valence electrons. The number of rotatable bonds is 7. The molecule has 1 aromatic heterocycles. The summed E-state index contributed by atoms with van der Waals surface area (Å²) in [4.78, 5) is 24.9. The molecule has 2 heterocycles. The maximum absolute atomic E-state index is 13.3. The summed E-state index contributed by atoms with van der Waals surface area (Å²) in [5.41, 5.74) is 0.340. The summed E-state index contributed by atoms with van der Waals surface area (Å²) in [5.74, 6) is -0.520. The van der Waals surface area contributed by atoms with E-state index in [1.54, 1.807) is 12.1 Å². The van der Waals surface area contributed by atoms with Crippen LogP contribution in [0.25, 0.3) is 0 Å². The first-order valence-electron chi connectivity index (χ1n) is 9.09. The SMILES string of the molecule is O=C(NC1CC1)C(Sc1n[nH]c(=O)n1CC1CCCO1)c1ccc(F)cc1. The minimum atomic E-state index is -0.621. The Labute approximate surface area is 159 Å². The van der Waals surface area contributed by atoms with Crippen LogP contribution in [0.3, 0.4) is 0 Å². The van der Waals surface area contributed by atoms with Gasteiger partial charge in [0.1, 0.15) is 11.1 Å². The second-order valence-electron chi connectivity index (χ2n) is 6.89. The average molecular weight is 392 g/mol. The number of halogens is 1. The first-order chi connectivity index (χ1) is 13.1. The number of ether oxygens (including phenoxy) is 1. The molecule has 1 aliphatic heterocycles. The second kappa shape index (κ2) is 7.85. The summed E-state index contributed by atoms with van der Waals surface area (Å²) in [6, 6.07) is 6.05. The number of nitrogens with one attached hydrogen (secondary N) is 2. The molecule has 1 aliphatic carbocycles. The van der Waals surface area contributed by atoms with Crippen molar-refractivity contribution in [3.63, 3.8) is 0 Å². The van der Waals surface area contributed by atoms with Gasteiger partial charge in [0.25, 0.3) is 0 Å². The predicted molar refractivity (Wildman–Crippen MR) is 98.0 cm³/mol. The van der Waals surface area contributed by atoms with Crippen LogP contribution >= 0.6 is 11.8 Å². The van der Waals surface area contributed by atoms with Gasteiger partial charge in [-0.05, 0) is 43.4 Å². The van der Waals surface area contributed by atoms with Crippen LogP contribution in [-0.2, 0) is 16.1 Å². The molecular formula is C18H21FN4O3S. The Morgan fingerprint density at radius 2 is 2.15 bits per heavy atom. The largest absolute Gasteiger partial charge is 0.376 e. The molecule has 7 nitrogen and oxygen atoms in total. The molecule has 1 saturated heterocycles. The Hall–Kier alpha value is -2.13. The zero-order valence-electron chi connectivity index (χ0n) is 14.7. The van der Waals surface area contributed by atoms with Crippen molar-refractivity contribution in [3.8, 4) is 0 Å². The summed E-state index contributed by atoms with van der Waals surface area (Å²) in [6.45, 7) is 1.10. The number of aromatic amines is 1. The third kappa shape index (κ3) is 4.41. The predicted octanol–water partition coefficient (Wildman–Crippen LogP) is 2.00. The fourth-order valence-corrected chi connectivity index (χ4v) is 4.13. The van der Waals surface area contributed by atoms with E-state index >= 15 is 0 Å². The van der Waals surface area contributed by atoms with E-state index in [2.05, 4.69) is 15.5 Å². The number of carbonyl (C=O) groups is 1. The summed E-state index contributed by atoms with van der Waals surface area (Å²) in [7, 11) is 0. The molecule has 1 amide bonds.